The molecule has 1 saturated heterocycles. The highest BCUT2D eigenvalue weighted by Crippen LogP contribution is 2.22. The van der Waals surface area contributed by atoms with Gasteiger partial charge in [0, 0.05) is 12.5 Å². The van der Waals surface area contributed by atoms with Crippen LogP contribution in [0.25, 0.3) is 0 Å². The number of hydrogen-bond acceptors (Lipinski definition) is 3. The summed E-state index contributed by atoms with van der Waals surface area (Å²) in [6, 6.07) is 0.498. The van der Waals surface area contributed by atoms with Gasteiger partial charge in [0.1, 0.15) is 5.84 Å². The van der Waals surface area contributed by atoms with E-state index in [9.17, 15) is 0 Å². The molecule has 0 radical (unpaired) electrons. The van der Waals surface area contributed by atoms with Gasteiger partial charge in [0.15, 0.2) is 0 Å². The van der Waals surface area contributed by atoms with E-state index in [1.807, 2.05) is 0 Å². The summed E-state index contributed by atoms with van der Waals surface area (Å²) >= 11 is 0. The lowest BCUT2D eigenvalue weighted by atomic mass is 10.0. The Kier molecular flexibility index (Phi) is 3.97. The third-order valence-electron chi connectivity index (χ3n) is 3.34. The molecule has 0 amide bonds. The van der Waals surface area contributed by atoms with Gasteiger partial charge in [-0.1, -0.05) is 12.8 Å². The number of rotatable bonds is 2. The number of ether oxygens (including phenoxy) is 1. The van der Waals surface area contributed by atoms with Crippen LogP contribution in [0.15, 0.2) is 4.99 Å². The quantitative estimate of drug-likeness (QED) is 0.312. The van der Waals surface area contributed by atoms with Gasteiger partial charge in [-0.2, -0.15) is 0 Å². The molecular weight excluding hydrogens is 190 g/mol. The highest BCUT2D eigenvalue weighted by atomic mass is 16.5. The number of hydrogen-bond donors (Lipinski definition) is 2. The summed E-state index contributed by atoms with van der Waals surface area (Å²) in [5.41, 5.74) is 2.77. The van der Waals surface area contributed by atoms with Crippen LogP contribution < -0.4 is 11.3 Å². The second-order valence-corrected chi connectivity index (χ2v) is 4.51. The van der Waals surface area contributed by atoms with Crippen LogP contribution >= 0.6 is 0 Å². The maximum absolute atomic E-state index is 5.55. The average Bonchev–Trinajstić information content (AvgIpc) is 2.80. The lowest BCUT2D eigenvalue weighted by Crippen LogP contribution is -2.40. The summed E-state index contributed by atoms with van der Waals surface area (Å²) in [6.45, 7) is 1.66. The first kappa shape index (κ1) is 10.9. The van der Waals surface area contributed by atoms with Crippen molar-refractivity contribution >= 4 is 5.84 Å². The fourth-order valence-corrected chi connectivity index (χ4v) is 2.45. The minimum absolute atomic E-state index is 0.393. The largest absolute Gasteiger partial charge is 0.381 e. The maximum Gasteiger partial charge on any atom is 0.116 e. The van der Waals surface area contributed by atoms with Crippen LogP contribution in [0, 0.1) is 5.92 Å². The van der Waals surface area contributed by atoms with Gasteiger partial charge in [0.05, 0.1) is 12.6 Å². The van der Waals surface area contributed by atoms with Gasteiger partial charge in [-0.25, -0.2) is 5.84 Å². The van der Waals surface area contributed by atoms with Crippen molar-refractivity contribution in [1.82, 2.24) is 5.43 Å². The summed E-state index contributed by atoms with van der Waals surface area (Å²) in [5, 5.41) is 0. The van der Waals surface area contributed by atoms with E-state index in [0.717, 1.165) is 31.9 Å². The van der Waals surface area contributed by atoms with E-state index in [2.05, 4.69) is 5.43 Å². The Bertz CT molecular complexity index is 218. The molecule has 0 aromatic heterocycles. The number of hydrazine groups is 1. The van der Waals surface area contributed by atoms with Gasteiger partial charge in [0.25, 0.3) is 0 Å². The topological polar surface area (TPSA) is 59.6 Å². The number of nitrogens with zero attached hydrogens (tertiary/aromatic N) is 1. The zero-order valence-corrected chi connectivity index (χ0v) is 9.24. The molecule has 1 saturated carbocycles. The van der Waals surface area contributed by atoms with Crippen LogP contribution in [-0.4, -0.2) is 25.1 Å². The van der Waals surface area contributed by atoms with E-state index >= 15 is 0 Å². The first-order valence-electron chi connectivity index (χ1n) is 6.02. The number of aliphatic imine (C=N–C) groups is 1. The van der Waals surface area contributed by atoms with Crippen molar-refractivity contribution < 1.29 is 4.74 Å². The molecule has 0 spiro atoms. The number of nitrogens with one attached hydrogen (secondary N) is 1. The fourth-order valence-electron chi connectivity index (χ4n) is 2.45. The van der Waals surface area contributed by atoms with Crippen LogP contribution in [0.3, 0.4) is 0 Å². The number of nitrogens with two attached hydrogens (primary N) is 1. The predicted octanol–water partition coefficient (Wildman–Crippen LogP) is 1.22. The van der Waals surface area contributed by atoms with Crippen LogP contribution in [0.5, 0.6) is 0 Å². The highest BCUT2D eigenvalue weighted by molar-refractivity contribution is 5.84. The van der Waals surface area contributed by atoms with Crippen molar-refractivity contribution in [2.45, 2.75) is 44.6 Å². The Hall–Kier alpha value is -0.610. The molecular formula is C11H21N3O. The van der Waals surface area contributed by atoms with E-state index < -0.39 is 0 Å². The van der Waals surface area contributed by atoms with Crippen molar-refractivity contribution in [1.29, 1.82) is 0 Å². The zero-order chi connectivity index (χ0) is 10.5. The van der Waals surface area contributed by atoms with E-state index in [0.29, 0.717) is 12.0 Å². The Morgan fingerprint density at radius 1 is 1.20 bits per heavy atom. The summed E-state index contributed by atoms with van der Waals surface area (Å²) in [6.07, 6.45) is 7.34. The Morgan fingerprint density at radius 2 is 2.00 bits per heavy atom. The van der Waals surface area contributed by atoms with E-state index in [4.69, 9.17) is 15.6 Å². The Labute approximate surface area is 91.2 Å². The Balaban J connectivity index is 1.94. The monoisotopic (exact) mass is 211 g/mol. The second kappa shape index (κ2) is 5.47. The molecule has 2 aliphatic rings. The average molecular weight is 211 g/mol. The Morgan fingerprint density at radius 3 is 2.60 bits per heavy atom. The predicted molar refractivity (Wildman–Crippen MR) is 60.6 cm³/mol. The minimum Gasteiger partial charge on any atom is -0.381 e. The van der Waals surface area contributed by atoms with Gasteiger partial charge >= 0.3 is 0 Å². The highest BCUT2D eigenvalue weighted by Gasteiger charge is 2.21. The van der Waals surface area contributed by atoms with E-state index in [-0.39, 0.29) is 0 Å². The smallest absolute Gasteiger partial charge is 0.116 e. The van der Waals surface area contributed by atoms with Gasteiger partial charge in [-0.15, -0.1) is 0 Å². The molecule has 3 N–H and O–H groups in total. The summed E-state index contributed by atoms with van der Waals surface area (Å²) in [5.74, 6) is 6.90. The SMILES string of the molecule is NNC(=NC1CCCC1)C1CCCOC1. The van der Waals surface area contributed by atoms with Crippen molar-refractivity contribution in [3.05, 3.63) is 0 Å². The molecule has 1 aliphatic heterocycles. The van der Waals surface area contributed by atoms with Gasteiger partial charge in [-0.3, -0.25) is 4.99 Å². The normalized spacial score (nSPS) is 29.4. The van der Waals surface area contributed by atoms with Crippen LogP contribution in [0.2, 0.25) is 0 Å². The summed E-state index contributed by atoms with van der Waals surface area (Å²) < 4.78 is 5.45. The molecule has 4 heteroatoms. The molecule has 1 heterocycles. The molecule has 86 valence electrons. The molecule has 1 atom stereocenters. The van der Waals surface area contributed by atoms with Crippen LogP contribution in [0.1, 0.15) is 38.5 Å². The van der Waals surface area contributed by atoms with E-state index in [1.54, 1.807) is 0 Å². The second-order valence-electron chi connectivity index (χ2n) is 4.51. The molecule has 15 heavy (non-hydrogen) atoms. The molecule has 1 unspecified atom stereocenters. The molecule has 4 nitrogen and oxygen atoms in total. The third kappa shape index (κ3) is 2.92. The lowest BCUT2D eigenvalue weighted by molar-refractivity contribution is 0.0757. The van der Waals surface area contributed by atoms with Crippen molar-refractivity contribution in [3.63, 3.8) is 0 Å². The van der Waals surface area contributed by atoms with Crippen molar-refractivity contribution in [2.24, 2.45) is 16.8 Å². The number of amidine groups is 1. The first-order chi connectivity index (χ1) is 7.40. The van der Waals surface area contributed by atoms with Crippen molar-refractivity contribution in [2.75, 3.05) is 13.2 Å². The minimum atomic E-state index is 0.393. The summed E-state index contributed by atoms with van der Waals surface area (Å²) in [4.78, 5) is 4.72. The fraction of sp³-hybridized carbons (Fsp3) is 0.909. The standard InChI is InChI=1S/C11H21N3O/c12-14-11(9-4-3-7-15-8-9)13-10-5-1-2-6-10/h9-10H,1-8,12H2,(H,13,14). The van der Waals surface area contributed by atoms with Gasteiger partial charge in [-0.05, 0) is 25.7 Å². The molecule has 0 aromatic carbocycles. The molecule has 0 bridgehead atoms. The molecule has 2 rings (SSSR count). The third-order valence-corrected chi connectivity index (χ3v) is 3.34. The first-order valence-corrected chi connectivity index (χ1v) is 6.02. The molecule has 0 aromatic rings. The molecule has 2 fully saturated rings. The van der Waals surface area contributed by atoms with Crippen LogP contribution in [0.4, 0.5) is 0 Å². The van der Waals surface area contributed by atoms with Crippen LogP contribution in [-0.2, 0) is 4.74 Å². The van der Waals surface area contributed by atoms with Crippen molar-refractivity contribution in [3.8, 4) is 0 Å². The molecule has 1 aliphatic carbocycles. The van der Waals surface area contributed by atoms with E-state index in [1.165, 1.54) is 25.7 Å². The summed E-state index contributed by atoms with van der Waals surface area (Å²) in [7, 11) is 0. The van der Waals surface area contributed by atoms with Gasteiger partial charge in [0.2, 0.25) is 0 Å². The van der Waals surface area contributed by atoms with Gasteiger partial charge < -0.3 is 10.2 Å². The zero-order valence-electron chi connectivity index (χ0n) is 9.24. The lowest BCUT2D eigenvalue weighted by Gasteiger charge is -2.24. The maximum atomic E-state index is 5.55.